The van der Waals surface area contributed by atoms with Crippen molar-refractivity contribution in [2.24, 2.45) is 0 Å². The highest BCUT2D eigenvalue weighted by Crippen LogP contribution is 2.23. The lowest BCUT2D eigenvalue weighted by Gasteiger charge is -2.09. The van der Waals surface area contributed by atoms with Gasteiger partial charge in [0.2, 0.25) is 0 Å². The molecular formula is C15H18N2. The number of nitrogens with one attached hydrogen (secondary N) is 1. The van der Waals surface area contributed by atoms with Crippen LogP contribution in [0.5, 0.6) is 0 Å². The minimum atomic E-state index is 0.892. The van der Waals surface area contributed by atoms with Crippen LogP contribution >= 0.6 is 0 Å². The third kappa shape index (κ3) is 2.64. The summed E-state index contributed by atoms with van der Waals surface area (Å²) in [6.07, 6.45) is 0. The maximum Gasteiger partial charge on any atom is 0.126 e. The van der Waals surface area contributed by atoms with E-state index >= 15 is 0 Å². The molecule has 1 N–H and O–H groups in total. The molecule has 0 saturated heterocycles. The lowest BCUT2D eigenvalue weighted by molar-refractivity contribution is 1.16. The zero-order valence-corrected chi connectivity index (χ0v) is 10.6. The van der Waals surface area contributed by atoms with Gasteiger partial charge in [0, 0.05) is 12.1 Å². The van der Waals surface area contributed by atoms with Crippen molar-refractivity contribution in [1.29, 1.82) is 0 Å². The van der Waals surface area contributed by atoms with Gasteiger partial charge in [0.15, 0.2) is 0 Å². The van der Waals surface area contributed by atoms with E-state index in [0.717, 1.165) is 18.1 Å². The van der Waals surface area contributed by atoms with Gasteiger partial charge in [-0.05, 0) is 44.5 Å². The summed E-state index contributed by atoms with van der Waals surface area (Å²) >= 11 is 0. The first kappa shape index (κ1) is 11.6. The SMILES string of the molecule is CCNc1cccc(-c2cc(C)ccc2C)n1. The Morgan fingerprint density at radius 2 is 1.94 bits per heavy atom. The molecule has 17 heavy (non-hydrogen) atoms. The normalized spacial score (nSPS) is 10.3. The average Bonchev–Trinajstić information content (AvgIpc) is 2.33. The second-order valence-corrected chi connectivity index (χ2v) is 4.26. The topological polar surface area (TPSA) is 24.9 Å². The van der Waals surface area contributed by atoms with Crippen LogP contribution in [0.3, 0.4) is 0 Å². The van der Waals surface area contributed by atoms with Gasteiger partial charge in [0.05, 0.1) is 5.69 Å². The number of aryl methyl sites for hydroxylation is 2. The number of aromatic nitrogens is 1. The maximum absolute atomic E-state index is 4.62. The largest absolute Gasteiger partial charge is 0.370 e. The van der Waals surface area contributed by atoms with E-state index in [1.807, 2.05) is 12.1 Å². The molecule has 0 unspecified atom stereocenters. The fraction of sp³-hybridized carbons (Fsp3) is 0.267. The van der Waals surface area contributed by atoms with Crippen molar-refractivity contribution in [3.8, 4) is 11.3 Å². The van der Waals surface area contributed by atoms with Crippen LogP contribution in [0.4, 0.5) is 5.82 Å². The summed E-state index contributed by atoms with van der Waals surface area (Å²) in [5, 5.41) is 3.24. The van der Waals surface area contributed by atoms with E-state index < -0.39 is 0 Å². The van der Waals surface area contributed by atoms with Gasteiger partial charge < -0.3 is 5.32 Å². The van der Waals surface area contributed by atoms with E-state index in [4.69, 9.17) is 0 Å². The number of rotatable bonds is 3. The van der Waals surface area contributed by atoms with Crippen LogP contribution in [0.2, 0.25) is 0 Å². The molecule has 1 aromatic heterocycles. The minimum Gasteiger partial charge on any atom is -0.370 e. The summed E-state index contributed by atoms with van der Waals surface area (Å²) in [6.45, 7) is 7.20. The predicted molar refractivity (Wildman–Crippen MR) is 73.3 cm³/mol. The first-order valence-electron chi connectivity index (χ1n) is 5.99. The first-order valence-corrected chi connectivity index (χ1v) is 5.99. The Bertz CT molecular complexity index is 518. The second kappa shape index (κ2) is 5.00. The molecule has 0 atom stereocenters. The smallest absolute Gasteiger partial charge is 0.126 e. The third-order valence-corrected chi connectivity index (χ3v) is 2.78. The average molecular weight is 226 g/mol. The van der Waals surface area contributed by atoms with Crippen LogP contribution in [0.15, 0.2) is 36.4 Å². The van der Waals surface area contributed by atoms with Crippen LogP contribution in [0, 0.1) is 13.8 Å². The highest BCUT2D eigenvalue weighted by Gasteiger charge is 2.04. The number of hydrogen-bond acceptors (Lipinski definition) is 2. The standard InChI is InChI=1S/C15H18N2/c1-4-16-15-7-5-6-14(17-15)13-10-11(2)8-9-12(13)3/h5-10H,4H2,1-3H3,(H,16,17). The number of benzene rings is 1. The van der Waals surface area contributed by atoms with E-state index in [2.05, 4.69) is 55.3 Å². The van der Waals surface area contributed by atoms with Crippen LogP contribution < -0.4 is 5.32 Å². The van der Waals surface area contributed by atoms with E-state index in [0.29, 0.717) is 0 Å². The van der Waals surface area contributed by atoms with Crippen LogP contribution in [0.1, 0.15) is 18.1 Å². The fourth-order valence-corrected chi connectivity index (χ4v) is 1.88. The van der Waals surface area contributed by atoms with Gasteiger partial charge in [0.1, 0.15) is 5.82 Å². The summed E-state index contributed by atoms with van der Waals surface area (Å²) in [4.78, 5) is 4.62. The second-order valence-electron chi connectivity index (χ2n) is 4.26. The molecule has 88 valence electrons. The van der Waals surface area contributed by atoms with E-state index in [1.54, 1.807) is 0 Å². The highest BCUT2D eigenvalue weighted by molar-refractivity contribution is 5.65. The van der Waals surface area contributed by atoms with Crippen molar-refractivity contribution in [1.82, 2.24) is 4.98 Å². The molecule has 0 fully saturated rings. The lowest BCUT2D eigenvalue weighted by atomic mass is 10.0. The summed E-state index contributed by atoms with van der Waals surface area (Å²) in [5.41, 5.74) is 4.77. The summed E-state index contributed by atoms with van der Waals surface area (Å²) < 4.78 is 0. The molecule has 0 aliphatic carbocycles. The monoisotopic (exact) mass is 226 g/mol. The van der Waals surface area contributed by atoms with Gasteiger partial charge in [-0.1, -0.05) is 23.8 Å². The van der Waals surface area contributed by atoms with Crippen molar-refractivity contribution >= 4 is 5.82 Å². The van der Waals surface area contributed by atoms with Crippen molar-refractivity contribution in [2.45, 2.75) is 20.8 Å². The molecule has 0 aliphatic rings. The van der Waals surface area contributed by atoms with Crippen molar-refractivity contribution in [2.75, 3.05) is 11.9 Å². The Hall–Kier alpha value is -1.83. The molecule has 2 heteroatoms. The van der Waals surface area contributed by atoms with Gasteiger partial charge in [-0.15, -0.1) is 0 Å². The minimum absolute atomic E-state index is 0.892. The molecule has 2 rings (SSSR count). The molecule has 0 bridgehead atoms. The number of hydrogen-bond donors (Lipinski definition) is 1. The summed E-state index contributed by atoms with van der Waals surface area (Å²) in [6, 6.07) is 12.6. The van der Waals surface area contributed by atoms with Crippen LogP contribution in [-0.2, 0) is 0 Å². The van der Waals surface area contributed by atoms with Gasteiger partial charge >= 0.3 is 0 Å². The Morgan fingerprint density at radius 3 is 2.71 bits per heavy atom. The molecule has 1 heterocycles. The number of pyridine rings is 1. The Kier molecular flexibility index (Phi) is 3.43. The Labute approximate surface area is 103 Å². The molecule has 0 amide bonds. The van der Waals surface area contributed by atoms with Crippen molar-refractivity contribution in [3.05, 3.63) is 47.5 Å². The molecule has 0 saturated carbocycles. The van der Waals surface area contributed by atoms with Gasteiger partial charge in [0.25, 0.3) is 0 Å². The number of anilines is 1. The first-order chi connectivity index (χ1) is 8.20. The summed E-state index contributed by atoms with van der Waals surface area (Å²) in [5.74, 6) is 0.936. The molecular weight excluding hydrogens is 208 g/mol. The molecule has 0 spiro atoms. The van der Waals surface area contributed by atoms with Crippen LogP contribution in [-0.4, -0.2) is 11.5 Å². The van der Waals surface area contributed by atoms with Crippen molar-refractivity contribution < 1.29 is 0 Å². The molecule has 2 nitrogen and oxygen atoms in total. The maximum atomic E-state index is 4.62. The number of nitrogens with zero attached hydrogens (tertiary/aromatic N) is 1. The third-order valence-electron chi connectivity index (χ3n) is 2.78. The molecule has 0 radical (unpaired) electrons. The predicted octanol–water partition coefficient (Wildman–Crippen LogP) is 3.80. The Balaban J connectivity index is 2.45. The van der Waals surface area contributed by atoms with Crippen molar-refractivity contribution in [3.63, 3.8) is 0 Å². The van der Waals surface area contributed by atoms with E-state index in [-0.39, 0.29) is 0 Å². The lowest BCUT2D eigenvalue weighted by Crippen LogP contribution is -1.99. The van der Waals surface area contributed by atoms with Gasteiger partial charge in [-0.3, -0.25) is 0 Å². The van der Waals surface area contributed by atoms with Gasteiger partial charge in [-0.2, -0.15) is 0 Å². The zero-order chi connectivity index (χ0) is 12.3. The highest BCUT2D eigenvalue weighted by atomic mass is 15.0. The molecule has 0 aliphatic heterocycles. The van der Waals surface area contributed by atoms with Gasteiger partial charge in [-0.25, -0.2) is 4.98 Å². The van der Waals surface area contributed by atoms with E-state index in [9.17, 15) is 0 Å². The fourth-order valence-electron chi connectivity index (χ4n) is 1.88. The van der Waals surface area contributed by atoms with E-state index in [1.165, 1.54) is 16.7 Å². The summed E-state index contributed by atoms with van der Waals surface area (Å²) in [7, 11) is 0. The van der Waals surface area contributed by atoms with Crippen LogP contribution in [0.25, 0.3) is 11.3 Å². The molecule has 2 aromatic rings. The Morgan fingerprint density at radius 1 is 1.12 bits per heavy atom. The zero-order valence-electron chi connectivity index (χ0n) is 10.6. The molecule has 1 aromatic carbocycles. The quantitative estimate of drug-likeness (QED) is 0.861.